The summed E-state index contributed by atoms with van der Waals surface area (Å²) in [6, 6.07) is 4.25. The summed E-state index contributed by atoms with van der Waals surface area (Å²) in [6.45, 7) is 0. The third-order valence-electron chi connectivity index (χ3n) is 5.72. The Labute approximate surface area is 125 Å². The maximum atomic E-state index is 11.5. The van der Waals surface area contributed by atoms with Crippen molar-refractivity contribution < 1.29 is 4.92 Å². The second kappa shape index (κ2) is 3.94. The van der Waals surface area contributed by atoms with Gasteiger partial charge in [0.05, 0.1) is 15.1 Å². The first-order chi connectivity index (χ1) is 10.2. The van der Waals surface area contributed by atoms with Crippen molar-refractivity contribution in [2.45, 2.75) is 25.3 Å². The van der Waals surface area contributed by atoms with Gasteiger partial charge in [-0.1, -0.05) is 0 Å². The summed E-state index contributed by atoms with van der Waals surface area (Å²) < 4.78 is 0.878. The molecule has 4 atom stereocenters. The largest absolute Gasteiger partial charge is 0.376 e. The normalized spacial score (nSPS) is 35.9. The van der Waals surface area contributed by atoms with Crippen molar-refractivity contribution in [1.29, 1.82) is 0 Å². The van der Waals surface area contributed by atoms with E-state index in [0.717, 1.165) is 28.4 Å². The molecule has 21 heavy (non-hydrogen) atoms. The number of nitrogens with one attached hydrogen (secondary N) is 1. The lowest BCUT2D eigenvalue weighted by atomic mass is 10.0. The van der Waals surface area contributed by atoms with Crippen molar-refractivity contribution in [2.75, 3.05) is 5.32 Å². The van der Waals surface area contributed by atoms with Gasteiger partial charge in [-0.25, -0.2) is 4.98 Å². The smallest absolute Gasteiger partial charge is 0.319 e. The molecule has 2 aromatic rings. The van der Waals surface area contributed by atoms with Crippen LogP contribution in [0.3, 0.4) is 0 Å². The van der Waals surface area contributed by atoms with Gasteiger partial charge >= 0.3 is 5.69 Å². The fourth-order valence-corrected chi connectivity index (χ4v) is 5.60. The maximum absolute atomic E-state index is 11.5. The van der Waals surface area contributed by atoms with E-state index in [1.165, 1.54) is 30.6 Å². The van der Waals surface area contributed by atoms with Crippen LogP contribution in [0.25, 0.3) is 10.2 Å². The number of benzene rings is 1. The minimum absolute atomic E-state index is 0.145. The van der Waals surface area contributed by atoms with Gasteiger partial charge in [0.15, 0.2) is 5.52 Å². The Kier molecular flexibility index (Phi) is 2.24. The van der Waals surface area contributed by atoms with E-state index < -0.39 is 0 Å². The Morgan fingerprint density at radius 1 is 1.29 bits per heavy atom. The van der Waals surface area contributed by atoms with E-state index in [-0.39, 0.29) is 10.6 Å². The predicted octanol–water partition coefficient (Wildman–Crippen LogP) is 3.66. The number of rotatable bonds is 3. The van der Waals surface area contributed by atoms with Crippen molar-refractivity contribution in [1.82, 2.24) is 4.98 Å². The van der Waals surface area contributed by atoms with Crippen LogP contribution in [-0.4, -0.2) is 15.9 Å². The summed E-state index contributed by atoms with van der Waals surface area (Å²) in [5, 5.41) is 14.9. The average molecular weight is 301 g/mol. The monoisotopic (exact) mass is 301 g/mol. The van der Waals surface area contributed by atoms with Crippen molar-refractivity contribution in [2.24, 2.45) is 23.7 Å². The number of nitro benzene ring substituents is 1. The van der Waals surface area contributed by atoms with Gasteiger partial charge in [0.25, 0.3) is 0 Å². The molecule has 0 aliphatic heterocycles. The second-order valence-corrected chi connectivity index (χ2v) is 7.46. The van der Waals surface area contributed by atoms with Crippen LogP contribution in [0, 0.1) is 33.8 Å². The zero-order valence-corrected chi connectivity index (χ0v) is 12.2. The third-order valence-corrected chi connectivity index (χ3v) is 6.51. The highest BCUT2D eigenvalue weighted by Crippen LogP contribution is 2.66. The minimum Gasteiger partial charge on any atom is -0.376 e. The zero-order chi connectivity index (χ0) is 14.1. The van der Waals surface area contributed by atoms with Crippen LogP contribution in [0.4, 0.5) is 11.4 Å². The Morgan fingerprint density at radius 2 is 2.05 bits per heavy atom. The van der Waals surface area contributed by atoms with Gasteiger partial charge in [-0.05, 0) is 55.1 Å². The maximum Gasteiger partial charge on any atom is 0.319 e. The summed E-state index contributed by atoms with van der Waals surface area (Å²) >= 11 is 1.45. The molecule has 4 unspecified atom stereocenters. The minimum atomic E-state index is -0.294. The van der Waals surface area contributed by atoms with E-state index in [1.54, 1.807) is 5.51 Å². The second-order valence-electron chi connectivity index (χ2n) is 6.58. The molecule has 3 saturated carbocycles. The fraction of sp³-hybridized carbons (Fsp3) is 0.533. The molecule has 0 amide bonds. The number of hydrogen-bond acceptors (Lipinski definition) is 5. The van der Waals surface area contributed by atoms with Gasteiger partial charge in [0.1, 0.15) is 5.69 Å². The lowest BCUT2D eigenvalue weighted by Crippen LogP contribution is -2.13. The molecule has 1 aromatic carbocycles. The molecule has 1 heterocycles. The van der Waals surface area contributed by atoms with Crippen LogP contribution < -0.4 is 5.32 Å². The van der Waals surface area contributed by atoms with Gasteiger partial charge < -0.3 is 5.32 Å². The van der Waals surface area contributed by atoms with Crippen LogP contribution in [0.1, 0.15) is 19.3 Å². The number of nitro groups is 1. The number of nitrogens with zero attached hydrogens (tertiary/aromatic N) is 2. The predicted molar refractivity (Wildman–Crippen MR) is 81.5 cm³/mol. The average Bonchev–Trinajstić information content (AvgIpc) is 2.91. The Balaban J connectivity index is 1.51. The first kappa shape index (κ1) is 11.9. The first-order valence-corrected chi connectivity index (χ1v) is 8.39. The van der Waals surface area contributed by atoms with Crippen LogP contribution in [0.5, 0.6) is 0 Å². The van der Waals surface area contributed by atoms with E-state index in [1.807, 2.05) is 12.1 Å². The standard InChI is InChI=1S/C15H15N3O2S/c19-18(20)15-9(3-4-10-13(15)16-6-21-10)17-14-11-7-1-2-8(5-7)12(11)14/h3-4,6-8,11-12,14,17H,1-2,5H2. The highest BCUT2D eigenvalue weighted by Gasteiger charge is 2.65. The molecule has 6 heteroatoms. The first-order valence-electron chi connectivity index (χ1n) is 7.51. The number of fused-ring (bicyclic) bond motifs is 6. The van der Waals surface area contributed by atoms with E-state index >= 15 is 0 Å². The van der Waals surface area contributed by atoms with E-state index in [9.17, 15) is 10.1 Å². The summed E-state index contributed by atoms with van der Waals surface area (Å²) in [6.07, 6.45) is 4.11. The number of aromatic nitrogens is 1. The van der Waals surface area contributed by atoms with E-state index in [0.29, 0.717) is 17.2 Å². The Morgan fingerprint density at radius 3 is 2.76 bits per heavy atom. The topological polar surface area (TPSA) is 68.1 Å². The Bertz CT molecular complexity index is 742. The number of thiazole rings is 1. The van der Waals surface area contributed by atoms with Gasteiger partial charge in [-0.3, -0.25) is 10.1 Å². The molecule has 3 aliphatic carbocycles. The summed E-state index contributed by atoms with van der Waals surface area (Å²) in [5.41, 5.74) is 2.99. The van der Waals surface area contributed by atoms with Gasteiger partial charge in [-0.15, -0.1) is 11.3 Å². The Hall–Kier alpha value is -1.69. The lowest BCUT2D eigenvalue weighted by Gasteiger charge is -2.12. The molecule has 5 rings (SSSR count). The number of hydrogen-bond donors (Lipinski definition) is 1. The quantitative estimate of drug-likeness (QED) is 0.694. The molecule has 3 fully saturated rings. The van der Waals surface area contributed by atoms with Crippen LogP contribution in [0.15, 0.2) is 17.6 Å². The summed E-state index contributed by atoms with van der Waals surface area (Å²) in [5.74, 6) is 3.24. The molecule has 2 bridgehead atoms. The van der Waals surface area contributed by atoms with Crippen LogP contribution in [0.2, 0.25) is 0 Å². The summed E-state index contributed by atoms with van der Waals surface area (Å²) in [7, 11) is 0. The van der Waals surface area contributed by atoms with Gasteiger partial charge in [0, 0.05) is 6.04 Å². The third kappa shape index (κ3) is 1.54. The molecule has 3 aliphatic rings. The molecular weight excluding hydrogens is 286 g/mol. The molecule has 0 spiro atoms. The van der Waals surface area contributed by atoms with Crippen molar-refractivity contribution in [3.05, 3.63) is 27.8 Å². The lowest BCUT2D eigenvalue weighted by molar-refractivity contribution is -0.382. The van der Waals surface area contributed by atoms with Crippen molar-refractivity contribution in [3.8, 4) is 0 Å². The summed E-state index contributed by atoms with van der Waals surface area (Å²) in [4.78, 5) is 15.3. The van der Waals surface area contributed by atoms with Crippen molar-refractivity contribution in [3.63, 3.8) is 0 Å². The molecule has 0 saturated heterocycles. The SMILES string of the molecule is O=[N+]([O-])c1c(NC2C3C4CCC(C4)C23)ccc2scnc12. The van der Waals surface area contributed by atoms with Crippen molar-refractivity contribution >= 4 is 32.9 Å². The highest BCUT2D eigenvalue weighted by atomic mass is 32.1. The highest BCUT2D eigenvalue weighted by molar-refractivity contribution is 7.16. The fourth-order valence-electron chi connectivity index (χ4n) is 4.92. The molecule has 108 valence electrons. The van der Waals surface area contributed by atoms with Gasteiger partial charge in [-0.2, -0.15) is 0 Å². The van der Waals surface area contributed by atoms with Gasteiger partial charge in [0.2, 0.25) is 0 Å². The zero-order valence-electron chi connectivity index (χ0n) is 11.4. The molecule has 0 radical (unpaired) electrons. The number of anilines is 1. The van der Waals surface area contributed by atoms with E-state index in [4.69, 9.17) is 0 Å². The molecule has 1 N–H and O–H groups in total. The van der Waals surface area contributed by atoms with E-state index in [2.05, 4.69) is 10.3 Å². The molecule has 1 aromatic heterocycles. The van der Waals surface area contributed by atoms with Crippen LogP contribution in [-0.2, 0) is 0 Å². The molecular formula is C15H15N3O2S. The van der Waals surface area contributed by atoms with Crippen LogP contribution >= 0.6 is 11.3 Å². The molecule has 5 nitrogen and oxygen atoms in total.